The zero-order chi connectivity index (χ0) is 25.1. The molecule has 1 atom stereocenters. The summed E-state index contributed by atoms with van der Waals surface area (Å²) in [7, 11) is -0.00267. The molecule has 2 aromatic rings. The number of rotatable bonds is 3. The molecule has 34 heavy (non-hydrogen) atoms. The van der Waals surface area contributed by atoms with E-state index in [1.165, 1.54) is 0 Å². The topological polar surface area (TPSA) is 96.4 Å². The molecule has 1 N–H and O–H groups in total. The number of nitrogens with zero attached hydrogens (tertiary/aromatic N) is 2. The van der Waals surface area contributed by atoms with Crippen LogP contribution in [0.2, 0.25) is 0 Å². The average molecular weight is 503 g/mol. The summed E-state index contributed by atoms with van der Waals surface area (Å²) in [5.41, 5.74) is 0.390. The van der Waals surface area contributed by atoms with E-state index in [0.717, 1.165) is 24.3 Å². The van der Waals surface area contributed by atoms with Crippen molar-refractivity contribution in [2.45, 2.75) is 29.6 Å². The van der Waals surface area contributed by atoms with Crippen molar-refractivity contribution < 1.29 is 41.0 Å². The zero-order valence-corrected chi connectivity index (χ0v) is 19.4. The van der Waals surface area contributed by atoms with E-state index in [0.29, 0.717) is 25.4 Å². The highest BCUT2D eigenvalue weighted by atomic mass is 32.2. The van der Waals surface area contributed by atoms with E-state index < -0.39 is 27.8 Å². The van der Waals surface area contributed by atoms with Crippen LogP contribution in [0.15, 0.2) is 53.4 Å². The fourth-order valence-corrected chi connectivity index (χ4v) is 5.51. The summed E-state index contributed by atoms with van der Waals surface area (Å²) in [6.45, 7) is 2.23. The van der Waals surface area contributed by atoms with E-state index in [1.54, 1.807) is 29.6 Å². The van der Waals surface area contributed by atoms with E-state index in [1.807, 2.05) is 37.4 Å². The van der Waals surface area contributed by atoms with Gasteiger partial charge in [0.2, 0.25) is 10.0 Å². The van der Waals surface area contributed by atoms with Crippen molar-refractivity contribution in [3.63, 3.8) is 0 Å². The molecule has 0 aliphatic carbocycles. The minimum absolute atomic E-state index is 0.241. The number of aliphatic carboxylic acids is 1. The largest absolute Gasteiger partial charge is 0.497 e. The predicted octanol–water partition coefficient (Wildman–Crippen LogP) is 2.99. The molecule has 0 radical (unpaired) electrons. The minimum Gasteiger partial charge on any atom is -0.497 e. The number of likely N-dealkylation sites (tertiary alicyclic amines) is 1. The molecular weight excluding hydrogens is 477 g/mol. The van der Waals surface area contributed by atoms with Crippen molar-refractivity contribution in [2.24, 2.45) is 0 Å². The zero-order valence-electron chi connectivity index (χ0n) is 18.6. The Morgan fingerprint density at radius 3 is 2.29 bits per heavy atom. The molecule has 1 spiro atoms. The maximum Gasteiger partial charge on any atom is 0.490 e. The van der Waals surface area contributed by atoms with Crippen LogP contribution in [0, 0.1) is 0 Å². The first-order chi connectivity index (χ1) is 15.9. The van der Waals surface area contributed by atoms with Crippen LogP contribution in [0.25, 0.3) is 0 Å². The summed E-state index contributed by atoms with van der Waals surface area (Å²) in [6.07, 6.45) is -4.29. The van der Waals surface area contributed by atoms with Gasteiger partial charge in [0.25, 0.3) is 0 Å². The number of benzene rings is 2. The van der Waals surface area contributed by atoms with Gasteiger partial charge in [0.1, 0.15) is 22.0 Å². The van der Waals surface area contributed by atoms with Crippen LogP contribution < -0.4 is 9.47 Å². The van der Waals surface area contributed by atoms with E-state index in [-0.39, 0.29) is 4.90 Å². The molecule has 4 rings (SSSR count). The number of halogens is 3. The molecule has 0 aromatic heterocycles. The second-order valence-corrected chi connectivity index (χ2v) is 10.1. The third kappa shape index (κ3) is 5.80. The summed E-state index contributed by atoms with van der Waals surface area (Å²) in [5, 5.41) is 7.12. The van der Waals surface area contributed by atoms with Gasteiger partial charge in [0, 0.05) is 26.1 Å². The Morgan fingerprint density at radius 2 is 1.76 bits per heavy atom. The lowest BCUT2D eigenvalue weighted by Gasteiger charge is -2.31. The molecule has 2 aliphatic rings. The van der Waals surface area contributed by atoms with Crippen molar-refractivity contribution in [3.05, 3.63) is 54.1 Å². The number of hydrogen-bond acceptors (Lipinski definition) is 6. The van der Waals surface area contributed by atoms with Crippen molar-refractivity contribution in [2.75, 3.05) is 33.8 Å². The monoisotopic (exact) mass is 502 g/mol. The lowest BCUT2D eigenvalue weighted by Crippen LogP contribution is -2.48. The Balaban J connectivity index is 0.000000406. The van der Waals surface area contributed by atoms with E-state index in [4.69, 9.17) is 19.4 Å². The van der Waals surface area contributed by atoms with Crippen LogP contribution in [0.1, 0.15) is 12.0 Å². The summed E-state index contributed by atoms with van der Waals surface area (Å²) < 4.78 is 71.6. The lowest BCUT2D eigenvalue weighted by atomic mass is 10.0. The average Bonchev–Trinajstić information content (AvgIpc) is 3.09. The number of para-hydroxylation sites is 1. The van der Waals surface area contributed by atoms with E-state index in [9.17, 15) is 21.6 Å². The maximum absolute atomic E-state index is 13.4. The Kier molecular flexibility index (Phi) is 7.44. The number of carboxylic acid groups (broad SMARTS) is 1. The smallest absolute Gasteiger partial charge is 0.490 e. The predicted molar refractivity (Wildman–Crippen MR) is 116 cm³/mol. The van der Waals surface area contributed by atoms with E-state index >= 15 is 0 Å². The summed E-state index contributed by atoms with van der Waals surface area (Å²) >= 11 is 0. The molecule has 186 valence electrons. The molecule has 0 bridgehead atoms. The van der Waals surface area contributed by atoms with Crippen molar-refractivity contribution in [1.82, 2.24) is 9.21 Å². The first-order valence-corrected chi connectivity index (χ1v) is 11.7. The molecule has 8 nitrogen and oxygen atoms in total. The van der Waals surface area contributed by atoms with Gasteiger partial charge < -0.3 is 19.5 Å². The molecule has 1 fully saturated rings. The van der Waals surface area contributed by atoms with Crippen molar-refractivity contribution >= 4 is 16.0 Å². The van der Waals surface area contributed by atoms with Crippen LogP contribution in [-0.4, -0.2) is 74.3 Å². The Labute approximate surface area is 195 Å². The highest BCUT2D eigenvalue weighted by molar-refractivity contribution is 7.89. The lowest BCUT2D eigenvalue weighted by molar-refractivity contribution is -0.192. The second-order valence-electron chi connectivity index (χ2n) is 8.14. The summed E-state index contributed by atoms with van der Waals surface area (Å²) in [5.74, 6) is -1.56. The molecule has 1 unspecified atom stereocenters. The molecule has 0 saturated carbocycles. The highest BCUT2D eigenvalue weighted by Crippen LogP contribution is 2.38. The third-order valence-corrected chi connectivity index (χ3v) is 7.36. The maximum atomic E-state index is 13.4. The summed E-state index contributed by atoms with van der Waals surface area (Å²) in [4.78, 5) is 11.3. The number of ether oxygens (including phenoxy) is 2. The number of sulfonamides is 1. The number of alkyl halides is 3. The summed E-state index contributed by atoms with van der Waals surface area (Å²) in [6, 6.07) is 14.4. The Bertz CT molecular complexity index is 1120. The van der Waals surface area contributed by atoms with Crippen molar-refractivity contribution in [1.29, 1.82) is 0 Å². The van der Waals surface area contributed by atoms with Crippen LogP contribution in [0.4, 0.5) is 13.2 Å². The van der Waals surface area contributed by atoms with Gasteiger partial charge in [-0.25, -0.2) is 13.2 Å². The van der Waals surface area contributed by atoms with Crippen LogP contribution in [0.3, 0.4) is 0 Å². The van der Waals surface area contributed by atoms with Crippen LogP contribution in [-0.2, 0) is 21.4 Å². The number of fused-ring (bicyclic) bond motifs is 1. The number of carbonyl (C=O) groups is 1. The molecule has 2 aliphatic heterocycles. The van der Waals surface area contributed by atoms with Gasteiger partial charge in [-0.15, -0.1) is 0 Å². The van der Waals surface area contributed by atoms with Gasteiger partial charge in [-0.2, -0.15) is 17.5 Å². The highest BCUT2D eigenvalue weighted by Gasteiger charge is 2.47. The molecular formula is C22H25F3N2O6S. The normalized spacial score (nSPS) is 22.1. The quantitative estimate of drug-likeness (QED) is 0.689. The first-order valence-electron chi connectivity index (χ1n) is 10.3. The minimum atomic E-state index is -5.08. The van der Waals surface area contributed by atoms with Gasteiger partial charge in [-0.05, 0) is 36.9 Å². The Morgan fingerprint density at radius 1 is 1.15 bits per heavy atom. The van der Waals surface area contributed by atoms with Crippen molar-refractivity contribution in [3.8, 4) is 11.5 Å². The van der Waals surface area contributed by atoms with Gasteiger partial charge in [-0.1, -0.05) is 24.3 Å². The molecule has 2 aromatic carbocycles. The molecule has 1 saturated heterocycles. The number of methoxy groups -OCH3 is 1. The molecule has 2 heterocycles. The number of carboxylic acids is 1. The van der Waals surface area contributed by atoms with Crippen LogP contribution >= 0.6 is 0 Å². The Hall–Kier alpha value is -2.83. The van der Waals surface area contributed by atoms with E-state index in [2.05, 4.69) is 4.90 Å². The van der Waals surface area contributed by atoms with Gasteiger partial charge >= 0.3 is 12.1 Å². The molecule has 0 amide bonds. The van der Waals surface area contributed by atoms with Gasteiger partial charge in [0.15, 0.2) is 0 Å². The fourth-order valence-electron chi connectivity index (χ4n) is 3.89. The fraction of sp³-hybridized carbons (Fsp3) is 0.409. The van der Waals surface area contributed by atoms with Crippen LogP contribution in [0.5, 0.6) is 11.5 Å². The first kappa shape index (κ1) is 25.8. The van der Waals surface area contributed by atoms with Gasteiger partial charge in [0.05, 0.1) is 13.7 Å². The standard InChI is InChI=1S/C20H24N2O4S.C2HF3O2/c1-21-12-11-20(14-21)15-22(13-16-7-9-17(25-2)10-8-16)27(23,24)19-6-4-3-5-18(19)26-20;3-2(4,5)1(6)7/h3-10H,11-15H2,1-2H3;(H,6,7). The number of hydrogen-bond donors (Lipinski definition) is 1. The molecule has 12 heteroatoms. The second kappa shape index (κ2) is 9.80. The third-order valence-electron chi connectivity index (χ3n) is 5.53. The van der Waals surface area contributed by atoms with Gasteiger partial charge in [-0.3, -0.25) is 0 Å². The SMILES string of the molecule is COc1ccc(CN2CC3(CCN(C)C3)Oc3ccccc3S2(=O)=O)cc1.O=C(O)C(F)(F)F. The number of likely N-dealkylation sites (N-methyl/N-ethyl adjacent to an activating group) is 1.